The van der Waals surface area contributed by atoms with Gasteiger partial charge in [-0.05, 0) is 40.5 Å². The molecule has 3 N–H and O–H groups in total. The summed E-state index contributed by atoms with van der Waals surface area (Å²) < 4.78 is 26.9. The molecular formula is C11H14BrN5O2S. The Morgan fingerprint density at radius 1 is 1.45 bits per heavy atom. The highest BCUT2D eigenvalue weighted by atomic mass is 79.9. The number of aromatic amines is 1. The van der Waals surface area contributed by atoms with Crippen LogP contribution in [0, 0.1) is 6.92 Å². The zero-order valence-electron chi connectivity index (χ0n) is 11.0. The van der Waals surface area contributed by atoms with E-state index in [9.17, 15) is 8.42 Å². The zero-order valence-corrected chi connectivity index (χ0v) is 13.4. The van der Waals surface area contributed by atoms with Crippen LogP contribution < -0.4 is 5.73 Å². The second kappa shape index (κ2) is 5.51. The molecule has 0 spiro atoms. The van der Waals surface area contributed by atoms with E-state index in [2.05, 4.69) is 31.1 Å². The number of hydrogen-bond acceptors (Lipinski definition) is 5. The molecule has 1 aromatic carbocycles. The average molecular weight is 360 g/mol. The van der Waals surface area contributed by atoms with Crippen molar-refractivity contribution in [1.29, 1.82) is 0 Å². The number of nitrogens with two attached hydrogens (primary N) is 1. The number of nitrogens with one attached hydrogen (secondary N) is 1. The molecule has 7 nitrogen and oxygen atoms in total. The molecule has 0 bridgehead atoms. The van der Waals surface area contributed by atoms with Gasteiger partial charge in [0.1, 0.15) is 12.2 Å². The lowest BCUT2D eigenvalue weighted by Crippen LogP contribution is -2.27. The molecule has 2 rings (SSSR count). The SMILES string of the molecule is Cc1cc(Br)c(N)cc1S(=O)(=O)N(C)Cc1ncn[nH]1. The van der Waals surface area contributed by atoms with E-state index in [0.29, 0.717) is 21.5 Å². The van der Waals surface area contributed by atoms with Crippen LogP contribution in [-0.2, 0) is 16.6 Å². The maximum atomic E-state index is 12.5. The van der Waals surface area contributed by atoms with Crippen LogP contribution in [0.1, 0.15) is 11.4 Å². The largest absolute Gasteiger partial charge is 0.398 e. The van der Waals surface area contributed by atoms with Gasteiger partial charge in [0.05, 0.1) is 11.4 Å². The molecule has 0 aliphatic carbocycles. The fraction of sp³-hybridized carbons (Fsp3) is 0.273. The van der Waals surface area contributed by atoms with Crippen molar-refractivity contribution in [1.82, 2.24) is 19.5 Å². The number of nitrogens with zero attached hydrogens (tertiary/aromatic N) is 3. The highest BCUT2D eigenvalue weighted by Gasteiger charge is 2.24. The van der Waals surface area contributed by atoms with Crippen molar-refractivity contribution in [2.75, 3.05) is 12.8 Å². The third-order valence-electron chi connectivity index (χ3n) is 2.82. The van der Waals surface area contributed by atoms with Crippen molar-refractivity contribution in [3.05, 3.63) is 34.3 Å². The van der Waals surface area contributed by atoms with Gasteiger partial charge in [0.25, 0.3) is 0 Å². The van der Waals surface area contributed by atoms with E-state index < -0.39 is 10.0 Å². The Bertz CT molecular complexity index is 715. The number of benzene rings is 1. The minimum atomic E-state index is -3.64. The Hall–Kier alpha value is -1.45. The van der Waals surface area contributed by atoms with E-state index in [1.165, 1.54) is 23.7 Å². The molecule has 1 aromatic heterocycles. The summed E-state index contributed by atoms with van der Waals surface area (Å²) in [6, 6.07) is 3.14. The van der Waals surface area contributed by atoms with Crippen LogP contribution in [0.2, 0.25) is 0 Å². The third kappa shape index (κ3) is 2.84. The van der Waals surface area contributed by atoms with Crippen LogP contribution in [0.3, 0.4) is 0 Å². The number of aromatic nitrogens is 3. The summed E-state index contributed by atoms with van der Waals surface area (Å²) in [6.07, 6.45) is 1.33. The molecule has 0 saturated carbocycles. The Labute approximate surface area is 125 Å². The molecular weight excluding hydrogens is 346 g/mol. The summed E-state index contributed by atoms with van der Waals surface area (Å²) in [4.78, 5) is 4.09. The van der Waals surface area contributed by atoms with Crippen molar-refractivity contribution >= 4 is 31.6 Å². The van der Waals surface area contributed by atoms with E-state index in [1.54, 1.807) is 13.0 Å². The molecule has 0 radical (unpaired) electrons. The summed E-state index contributed by atoms with van der Waals surface area (Å²) in [5.74, 6) is 0.471. The number of rotatable bonds is 4. The van der Waals surface area contributed by atoms with E-state index in [1.807, 2.05) is 0 Å². The number of H-pyrrole nitrogens is 1. The molecule has 0 aliphatic heterocycles. The first-order valence-electron chi connectivity index (χ1n) is 5.68. The third-order valence-corrected chi connectivity index (χ3v) is 5.45. The molecule has 1 heterocycles. The van der Waals surface area contributed by atoms with Crippen LogP contribution in [0.25, 0.3) is 0 Å². The van der Waals surface area contributed by atoms with Gasteiger partial charge >= 0.3 is 0 Å². The fourth-order valence-corrected chi connectivity index (χ4v) is 3.54. The smallest absolute Gasteiger partial charge is 0.243 e. The van der Waals surface area contributed by atoms with Crippen LogP contribution in [-0.4, -0.2) is 35.0 Å². The summed E-state index contributed by atoms with van der Waals surface area (Å²) in [5, 5.41) is 6.32. The predicted octanol–water partition coefficient (Wildman–Crippen LogP) is 1.28. The molecule has 108 valence electrons. The molecule has 0 amide bonds. The lowest BCUT2D eigenvalue weighted by Gasteiger charge is -2.18. The van der Waals surface area contributed by atoms with Gasteiger partial charge in [-0.3, -0.25) is 5.10 Å². The first kappa shape index (κ1) is 14.9. The predicted molar refractivity (Wildman–Crippen MR) is 78.3 cm³/mol. The topological polar surface area (TPSA) is 105 Å². The summed E-state index contributed by atoms with van der Waals surface area (Å²) in [6.45, 7) is 1.83. The number of aryl methyl sites for hydroxylation is 1. The number of sulfonamides is 1. The van der Waals surface area contributed by atoms with Gasteiger partial charge in [-0.2, -0.15) is 9.40 Å². The second-order valence-electron chi connectivity index (χ2n) is 4.33. The maximum absolute atomic E-state index is 12.5. The van der Waals surface area contributed by atoms with Crippen LogP contribution in [0.15, 0.2) is 27.8 Å². The van der Waals surface area contributed by atoms with E-state index in [4.69, 9.17) is 5.73 Å². The molecule has 0 atom stereocenters. The minimum absolute atomic E-state index is 0.109. The first-order valence-corrected chi connectivity index (χ1v) is 7.92. The molecule has 0 fully saturated rings. The highest BCUT2D eigenvalue weighted by molar-refractivity contribution is 9.10. The van der Waals surface area contributed by atoms with Crippen molar-refractivity contribution in [2.24, 2.45) is 0 Å². The average Bonchev–Trinajstić information content (AvgIpc) is 2.86. The van der Waals surface area contributed by atoms with E-state index in [-0.39, 0.29) is 11.4 Å². The van der Waals surface area contributed by atoms with Gasteiger partial charge in [-0.1, -0.05) is 0 Å². The fourth-order valence-electron chi connectivity index (χ4n) is 1.72. The van der Waals surface area contributed by atoms with E-state index >= 15 is 0 Å². The van der Waals surface area contributed by atoms with Crippen LogP contribution in [0.5, 0.6) is 0 Å². The van der Waals surface area contributed by atoms with Crippen LogP contribution in [0.4, 0.5) is 5.69 Å². The normalized spacial score (nSPS) is 12.0. The van der Waals surface area contributed by atoms with Crippen molar-refractivity contribution in [3.63, 3.8) is 0 Å². The van der Waals surface area contributed by atoms with Gasteiger partial charge in [-0.25, -0.2) is 13.4 Å². The number of anilines is 1. The van der Waals surface area contributed by atoms with Crippen molar-refractivity contribution in [3.8, 4) is 0 Å². The highest BCUT2D eigenvalue weighted by Crippen LogP contribution is 2.28. The Morgan fingerprint density at radius 2 is 2.15 bits per heavy atom. The number of nitrogen functional groups attached to an aromatic ring is 1. The standard InChI is InChI=1S/C11H14BrN5O2S/c1-7-3-8(12)9(13)4-10(7)20(18,19)17(2)5-11-14-6-15-16-11/h3-4,6H,5,13H2,1-2H3,(H,14,15,16). The van der Waals surface area contributed by atoms with Crippen molar-refractivity contribution < 1.29 is 8.42 Å². The zero-order chi connectivity index (χ0) is 14.9. The first-order chi connectivity index (χ1) is 9.32. The molecule has 0 unspecified atom stereocenters. The van der Waals surface area contributed by atoms with Gasteiger partial charge < -0.3 is 5.73 Å². The van der Waals surface area contributed by atoms with Gasteiger partial charge in [-0.15, -0.1) is 0 Å². The van der Waals surface area contributed by atoms with Gasteiger partial charge in [0.2, 0.25) is 10.0 Å². The number of hydrogen-bond donors (Lipinski definition) is 2. The van der Waals surface area contributed by atoms with Crippen LogP contribution >= 0.6 is 15.9 Å². The monoisotopic (exact) mass is 359 g/mol. The minimum Gasteiger partial charge on any atom is -0.398 e. The Kier molecular flexibility index (Phi) is 4.11. The van der Waals surface area contributed by atoms with Gasteiger partial charge in [0, 0.05) is 17.2 Å². The summed E-state index contributed by atoms with van der Waals surface area (Å²) in [5.41, 5.74) is 6.76. The van der Waals surface area contributed by atoms with E-state index in [0.717, 1.165) is 0 Å². The second-order valence-corrected chi connectivity index (χ2v) is 7.20. The summed E-state index contributed by atoms with van der Waals surface area (Å²) in [7, 11) is -2.16. The molecule has 0 saturated heterocycles. The number of halogens is 1. The quantitative estimate of drug-likeness (QED) is 0.799. The van der Waals surface area contributed by atoms with Crippen molar-refractivity contribution in [2.45, 2.75) is 18.4 Å². The van der Waals surface area contributed by atoms with Gasteiger partial charge in [0.15, 0.2) is 0 Å². The lowest BCUT2D eigenvalue weighted by molar-refractivity contribution is 0.457. The lowest BCUT2D eigenvalue weighted by atomic mass is 10.2. The molecule has 9 heteroatoms. The molecule has 2 aromatic rings. The molecule has 20 heavy (non-hydrogen) atoms. The summed E-state index contributed by atoms with van der Waals surface area (Å²) >= 11 is 3.28. The molecule has 0 aliphatic rings. The maximum Gasteiger partial charge on any atom is 0.243 e. The Balaban J connectivity index is 2.37. The Morgan fingerprint density at radius 3 is 2.75 bits per heavy atom.